The van der Waals surface area contributed by atoms with Crippen LogP contribution in [0.4, 0.5) is 10.1 Å². The Bertz CT molecular complexity index is 545. The largest absolute Gasteiger partial charge is 0.497 e. The number of methoxy groups -OCH3 is 1. The number of benzene rings is 2. The number of rotatable bonds is 5. The van der Waals surface area contributed by atoms with Crippen LogP contribution in [-0.4, -0.2) is 13.7 Å². The van der Waals surface area contributed by atoms with E-state index < -0.39 is 0 Å². The van der Waals surface area contributed by atoms with Crippen molar-refractivity contribution < 1.29 is 9.13 Å². The summed E-state index contributed by atoms with van der Waals surface area (Å²) < 4.78 is 18.4. The number of halogens is 1. The lowest BCUT2D eigenvalue weighted by Gasteiger charge is -2.19. The van der Waals surface area contributed by atoms with Crippen LogP contribution in [0, 0.1) is 5.82 Å². The molecule has 2 rings (SSSR count). The van der Waals surface area contributed by atoms with Crippen LogP contribution in [0.25, 0.3) is 0 Å². The summed E-state index contributed by atoms with van der Waals surface area (Å²) in [7, 11) is 1.62. The van der Waals surface area contributed by atoms with Gasteiger partial charge in [-0.1, -0.05) is 18.2 Å². The number of nitrogens with two attached hydrogens (primary N) is 1. The number of nitrogens with one attached hydrogen (secondary N) is 1. The number of hydrogen-bond donors (Lipinski definition) is 2. The van der Waals surface area contributed by atoms with Gasteiger partial charge in [-0.25, -0.2) is 4.39 Å². The standard InChI is InChI=1S/C15H17FN2O/c1-19-14-7-3-6-13(9-14)18-15(10-17)11-4-2-5-12(16)8-11/h2-9,15,18H,10,17H2,1H3. The van der Waals surface area contributed by atoms with Gasteiger partial charge in [-0.15, -0.1) is 0 Å². The molecular weight excluding hydrogens is 243 g/mol. The van der Waals surface area contributed by atoms with E-state index in [1.165, 1.54) is 12.1 Å². The summed E-state index contributed by atoms with van der Waals surface area (Å²) >= 11 is 0. The van der Waals surface area contributed by atoms with Crippen molar-refractivity contribution in [1.82, 2.24) is 0 Å². The minimum absolute atomic E-state index is 0.136. The fourth-order valence-electron chi connectivity index (χ4n) is 1.92. The van der Waals surface area contributed by atoms with Crippen molar-refractivity contribution in [2.24, 2.45) is 5.73 Å². The molecule has 4 heteroatoms. The first-order valence-corrected chi connectivity index (χ1v) is 6.09. The van der Waals surface area contributed by atoms with Gasteiger partial charge in [-0.3, -0.25) is 0 Å². The smallest absolute Gasteiger partial charge is 0.123 e. The van der Waals surface area contributed by atoms with Gasteiger partial charge < -0.3 is 15.8 Å². The first-order chi connectivity index (χ1) is 9.22. The Balaban J connectivity index is 2.18. The fourth-order valence-corrected chi connectivity index (χ4v) is 1.92. The van der Waals surface area contributed by atoms with E-state index in [0.29, 0.717) is 6.54 Å². The maximum atomic E-state index is 13.2. The van der Waals surface area contributed by atoms with Gasteiger partial charge in [0.1, 0.15) is 11.6 Å². The molecule has 1 unspecified atom stereocenters. The first kappa shape index (κ1) is 13.4. The molecule has 3 nitrogen and oxygen atoms in total. The van der Waals surface area contributed by atoms with Crippen LogP contribution in [0.1, 0.15) is 11.6 Å². The molecule has 0 fully saturated rings. The van der Waals surface area contributed by atoms with Crippen molar-refractivity contribution >= 4 is 5.69 Å². The predicted molar refractivity (Wildman–Crippen MR) is 74.8 cm³/mol. The highest BCUT2D eigenvalue weighted by Crippen LogP contribution is 2.22. The Morgan fingerprint density at radius 2 is 2.00 bits per heavy atom. The fraction of sp³-hybridized carbons (Fsp3) is 0.200. The third-order valence-electron chi connectivity index (χ3n) is 2.90. The molecule has 0 aliphatic rings. The van der Waals surface area contributed by atoms with Crippen LogP contribution in [0.3, 0.4) is 0 Å². The summed E-state index contributed by atoms with van der Waals surface area (Å²) in [6, 6.07) is 13.9. The van der Waals surface area contributed by atoms with E-state index in [1.807, 2.05) is 30.3 Å². The highest BCUT2D eigenvalue weighted by Gasteiger charge is 2.10. The molecule has 0 bridgehead atoms. The van der Waals surface area contributed by atoms with Crippen LogP contribution >= 0.6 is 0 Å². The van der Waals surface area contributed by atoms with Gasteiger partial charge in [-0.2, -0.15) is 0 Å². The average Bonchev–Trinajstić information content (AvgIpc) is 2.45. The van der Waals surface area contributed by atoms with E-state index >= 15 is 0 Å². The molecular formula is C15H17FN2O. The Morgan fingerprint density at radius 3 is 2.68 bits per heavy atom. The van der Waals surface area contributed by atoms with Crippen molar-refractivity contribution in [3.8, 4) is 5.75 Å². The minimum atomic E-state index is -0.261. The zero-order chi connectivity index (χ0) is 13.7. The molecule has 0 amide bonds. The van der Waals surface area contributed by atoms with Crippen molar-refractivity contribution in [1.29, 1.82) is 0 Å². The quantitative estimate of drug-likeness (QED) is 0.869. The lowest BCUT2D eigenvalue weighted by Crippen LogP contribution is -2.20. The Labute approximate surface area is 112 Å². The monoisotopic (exact) mass is 260 g/mol. The molecule has 3 N–H and O–H groups in total. The molecule has 2 aromatic rings. The summed E-state index contributed by atoms with van der Waals surface area (Å²) in [5.74, 6) is 0.503. The Morgan fingerprint density at radius 1 is 1.21 bits per heavy atom. The predicted octanol–water partition coefficient (Wildman–Crippen LogP) is 2.95. The van der Waals surface area contributed by atoms with E-state index in [1.54, 1.807) is 13.2 Å². The number of ether oxygens (including phenoxy) is 1. The van der Waals surface area contributed by atoms with Gasteiger partial charge in [-0.05, 0) is 29.8 Å². The molecule has 0 saturated heterocycles. The highest BCUT2D eigenvalue weighted by molar-refractivity contribution is 5.50. The molecule has 19 heavy (non-hydrogen) atoms. The van der Waals surface area contributed by atoms with Crippen molar-refractivity contribution in [2.75, 3.05) is 19.0 Å². The lowest BCUT2D eigenvalue weighted by molar-refractivity contribution is 0.415. The van der Waals surface area contributed by atoms with Crippen molar-refractivity contribution in [3.63, 3.8) is 0 Å². The average molecular weight is 260 g/mol. The molecule has 100 valence electrons. The third-order valence-corrected chi connectivity index (χ3v) is 2.90. The van der Waals surface area contributed by atoms with E-state index in [4.69, 9.17) is 10.5 Å². The van der Waals surface area contributed by atoms with E-state index in [0.717, 1.165) is 17.0 Å². The minimum Gasteiger partial charge on any atom is -0.497 e. The molecule has 0 aromatic heterocycles. The van der Waals surface area contributed by atoms with Crippen molar-refractivity contribution in [3.05, 3.63) is 59.9 Å². The number of hydrogen-bond acceptors (Lipinski definition) is 3. The van der Waals surface area contributed by atoms with Gasteiger partial charge in [0.05, 0.1) is 13.2 Å². The van der Waals surface area contributed by atoms with Crippen LogP contribution in [-0.2, 0) is 0 Å². The number of anilines is 1. The van der Waals surface area contributed by atoms with Gasteiger partial charge in [0.2, 0.25) is 0 Å². The van der Waals surface area contributed by atoms with Crippen LogP contribution in [0.5, 0.6) is 5.75 Å². The van der Waals surface area contributed by atoms with Gasteiger partial charge in [0.25, 0.3) is 0 Å². The van der Waals surface area contributed by atoms with Gasteiger partial charge >= 0.3 is 0 Å². The first-order valence-electron chi connectivity index (χ1n) is 6.09. The highest BCUT2D eigenvalue weighted by atomic mass is 19.1. The van der Waals surface area contributed by atoms with E-state index in [2.05, 4.69) is 5.32 Å². The zero-order valence-corrected chi connectivity index (χ0v) is 10.8. The van der Waals surface area contributed by atoms with Crippen LogP contribution < -0.4 is 15.8 Å². The Hall–Kier alpha value is -2.07. The molecule has 0 saturated carbocycles. The maximum Gasteiger partial charge on any atom is 0.123 e. The van der Waals surface area contributed by atoms with Crippen LogP contribution in [0.15, 0.2) is 48.5 Å². The second kappa shape index (κ2) is 6.20. The summed E-state index contributed by atoms with van der Waals surface area (Å²) in [4.78, 5) is 0. The normalized spacial score (nSPS) is 11.9. The second-order valence-electron chi connectivity index (χ2n) is 4.22. The molecule has 2 aromatic carbocycles. The molecule has 0 radical (unpaired) electrons. The summed E-state index contributed by atoms with van der Waals surface area (Å²) in [6.45, 7) is 0.376. The molecule has 0 spiro atoms. The van der Waals surface area contributed by atoms with Gasteiger partial charge in [0, 0.05) is 18.3 Å². The summed E-state index contributed by atoms with van der Waals surface area (Å²) in [5.41, 5.74) is 7.47. The topological polar surface area (TPSA) is 47.3 Å². The Kier molecular flexibility index (Phi) is 4.36. The lowest BCUT2D eigenvalue weighted by atomic mass is 10.1. The molecule has 0 aliphatic carbocycles. The van der Waals surface area contributed by atoms with Gasteiger partial charge in [0.15, 0.2) is 0 Å². The maximum absolute atomic E-state index is 13.2. The van der Waals surface area contributed by atoms with Crippen LogP contribution in [0.2, 0.25) is 0 Å². The molecule has 1 atom stereocenters. The van der Waals surface area contributed by atoms with E-state index in [9.17, 15) is 4.39 Å². The third kappa shape index (κ3) is 3.45. The molecule has 0 heterocycles. The molecule has 0 aliphatic heterocycles. The zero-order valence-electron chi connectivity index (χ0n) is 10.8. The second-order valence-corrected chi connectivity index (χ2v) is 4.22. The summed E-state index contributed by atoms with van der Waals surface area (Å²) in [5, 5.41) is 3.28. The van der Waals surface area contributed by atoms with Crippen molar-refractivity contribution in [2.45, 2.75) is 6.04 Å². The van der Waals surface area contributed by atoms with E-state index in [-0.39, 0.29) is 11.9 Å². The SMILES string of the molecule is COc1cccc(NC(CN)c2cccc(F)c2)c1. The summed E-state index contributed by atoms with van der Waals surface area (Å²) in [6.07, 6.45) is 0.